The van der Waals surface area contributed by atoms with Gasteiger partial charge in [-0.3, -0.25) is 0 Å². The number of fused-ring (bicyclic) bond motifs is 1. The minimum absolute atomic E-state index is 0.541. The van der Waals surface area contributed by atoms with Gasteiger partial charge in [0.1, 0.15) is 0 Å². The smallest absolute Gasteiger partial charge is 0.0320 e. The van der Waals surface area contributed by atoms with Gasteiger partial charge in [-0.25, -0.2) is 0 Å². The molecule has 0 nitrogen and oxygen atoms in total. The molecule has 5 rings (SSSR count). The Morgan fingerprint density at radius 3 is 1.05 bits per heavy atom. The summed E-state index contributed by atoms with van der Waals surface area (Å²) in [7, 11) is 0. The lowest BCUT2D eigenvalue weighted by atomic mass is 9.64. The van der Waals surface area contributed by atoms with E-state index >= 15 is 0 Å². The summed E-state index contributed by atoms with van der Waals surface area (Å²) in [5.74, 6) is 1.08. The summed E-state index contributed by atoms with van der Waals surface area (Å²) in [5, 5.41) is 0. The second-order valence-corrected chi connectivity index (χ2v) is 8.89. The van der Waals surface area contributed by atoms with E-state index < -0.39 is 0 Å². The molecule has 3 aliphatic rings. The van der Waals surface area contributed by atoms with Crippen LogP contribution >= 0.6 is 63.7 Å². The van der Waals surface area contributed by atoms with Crippen LogP contribution in [0.25, 0.3) is 0 Å². The molecule has 0 aliphatic heterocycles. The first kappa shape index (κ1) is 14.0. The highest BCUT2D eigenvalue weighted by molar-refractivity contribution is 9.13. The van der Waals surface area contributed by atoms with Crippen LogP contribution in [0.1, 0.15) is 46.9 Å². The van der Waals surface area contributed by atoms with Crippen molar-refractivity contribution in [1.29, 1.82) is 0 Å². The SMILES string of the molecule is Brc1cc2c(cc1Br)C1CCC2c2cc(Br)c(Br)cc21. The van der Waals surface area contributed by atoms with Gasteiger partial charge in [0.25, 0.3) is 0 Å². The molecule has 0 unspecified atom stereocenters. The van der Waals surface area contributed by atoms with Crippen molar-refractivity contribution in [2.45, 2.75) is 24.7 Å². The molecule has 3 aliphatic carbocycles. The van der Waals surface area contributed by atoms with Crippen molar-refractivity contribution < 1.29 is 0 Å². The van der Waals surface area contributed by atoms with Gasteiger partial charge in [0.2, 0.25) is 0 Å². The second kappa shape index (κ2) is 4.94. The summed E-state index contributed by atoms with van der Waals surface area (Å²) < 4.78 is 4.62. The van der Waals surface area contributed by atoms with Gasteiger partial charge in [0, 0.05) is 29.7 Å². The van der Waals surface area contributed by atoms with Crippen molar-refractivity contribution in [3.05, 3.63) is 64.4 Å². The average molecular weight is 522 g/mol. The molecule has 102 valence electrons. The third-order valence-corrected chi connectivity index (χ3v) is 8.19. The van der Waals surface area contributed by atoms with E-state index in [1.165, 1.54) is 35.1 Å². The first-order valence-electron chi connectivity index (χ1n) is 6.54. The fourth-order valence-corrected chi connectivity index (χ4v) is 5.10. The Morgan fingerprint density at radius 2 is 0.800 bits per heavy atom. The van der Waals surface area contributed by atoms with Crippen LogP contribution in [0.15, 0.2) is 42.2 Å². The van der Waals surface area contributed by atoms with Crippen LogP contribution in [0.2, 0.25) is 0 Å². The third kappa shape index (κ3) is 1.94. The first-order valence-corrected chi connectivity index (χ1v) is 9.71. The molecule has 20 heavy (non-hydrogen) atoms. The predicted octanol–water partition coefficient (Wildman–Crippen LogP) is 7.11. The zero-order valence-electron chi connectivity index (χ0n) is 10.4. The lowest BCUT2D eigenvalue weighted by Gasteiger charge is -2.41. The van der Waals surface area contributed by atoms with Gasteiger partial charge in [-0.2, -0.15) is 0 Å². The van der Waals surface area contributed by atoms with E-state index in [0.29, 0.717) is 11.8 Å². The van der Waals surface area contributed by atoms with E-state index in [4.69, 9.17) is 0 Å². The number of halogens is 4. The van der Waals surface area contributed by atoms with Crippen LogP contribution in [-0.2, 0) is 0 Å². The molecule has 0 fully saturated rings. The summed E-state index contributed by atoms with van der Waals surface area (Å²) in [4.78, 5) is 0. The minimum atomic E-state index is 0.541. The van der Waals surface area contributed by atoms with Crippen LogP contribution in [0, 0.1) is 0 Å². The monoisotopic (exact) mass is 518 g/mol. The molecule has 0 N–H and O–H groups in total. The maximum atomic E-state index is 3.65. The van der Waals surface area contributed by atoms with Crippen molar-refractivity contribution in [3.8, 4) is 0 Å². The number of hydrogen-bond acceptors (Lipinski definition) is 0. The van der Waals surface area contributed by atoms with Gasteiger partial charge in [-0.1, -0.05) is 0 Å². The molecule has 0 atom stereocenters. The van der Waals surface area contributed by atoms with Crippen molar-refractivity contribution in [2.75, 3.05) is 0 Å². The fourth-order valence-electron chi connectivity index (χ4n) is 3.65. The van der Waals surface area contributed by atoms with Crippen LogP contribution in [-0.4, -0.2) is 0 Å². The molecule has 0 saturated carbocycles. The van der Waals surface area contributed by atoms with Gasteiger partial charge in [0.15, 0.2) is 0 Å². The van der Waals surface area contributed by atoms with Crippen molar-refractivity contribution in [2.24, 2.45) is 0 Å². The van der Waals surface area contributed by atoms with E-state index in [-0.39, 0.29) is 0 Å². The molecule has 0 amide bonds. The summed E-state index contributed by atoms with van der Waals surface area (Å²) in [5.41, 5.74) is 5.99. The topological polar surface area (TPSA) is 0 Å². The number of rotatable bonds is 0. The third-order valence-electron chi connectivity index (χ3n) is 4.50. The molecule has 0 heterocycles. The first-order chi connectivity index (χ1) is 9.56. The summed E-state index contributed by atoms with van der Waals surface area (Å²) in [6.07, 6.45) is 2.51. The fraction of sp³-hybridized carbons (Fsp3) is 0.250. The van der Waals surface area contributed by atoms with Crippen LogP contribution in [0.3, 0.4) is 0 Å². The Balaban J connectivity index is 2.00. The molecular formula is C16H10Br4. The maximum absolute atomic E-state index is 3.65. The van der Waals surface area contributed by atoms with Gasteiger partial charge in [-0.05, 0) is 123 Å². The Hall–Kier alpha value is 0.360. The van der Waals surface area contributed by atoms with E-state index in [2.05, 4.69) is 88.0 Å². The van der Waals surface area contributed by atoms with Gasteiger partial charge < -0.3 is 0 Å². The Morgan fingerprint density at radius 1 is 0.550 bits per heavy atom. The molecular weight excluding hydrogens is 512 g/mol. The summed E-state index contributed by atoms with van der Waals surface area (Å²) >= 11 is 14.6. The zero-order valence-corrected chi connectivity index (χ0v) is 16.7. The zero-order chi connectivity index (χ0) is 14.0. The highest BCUT2D eigenvalue weighted by atomic mass is 79.9. The molecule has 0 spiro atoms. The largest absolute Gasteiger partial charge is 0.0496 e. The standard InChI is InChI=1S/C16H10Br4/c17-13-3-9-7-1-2-8(11(9)5-15(13)19)12-6-16(20)14(18)4-10(7)12/h3-8H,1-2H2. The van der Waals surface area contributed by atoms with Gasteiger partial charge in [0.05, 0.1) is 0 Å². The van der Waals surface area contributed by atoms with Crippen molar-refractivity contribution in [3.63, 3.8) is 0 Å². The molecule has 0 aromatic heterocycles. The summed E-state index contributed by atoms with van der Waals surface area (Å²) in [6.45, 7) is 0. The summed E-state index contributed by atoms with van der Waals surface area (Å²) in [6, 6.07) is 9.20. The lowest BCUT2D eigenvalue weighted by molar-refractivity contribution is 0.518. The average Bonchev–Trinajstić information content (AvgIpc) is 2.42. The Kier molecular flexibility index (Phi) is 3.45. The van der Waals surface area contributed by atoms with E-state index in [1.807, 2.05) is 0 Å². The highest BCUT2D eigenvalue weighted by Gasteiger charge is 2.38. The quantitative estimate of drug-likeness (QED) is 0.347. The molecule has 0 saturated heterocycles. The van der Waals surface area contributed by atoms with Crippen LogP contribution in [0.5, 0.6) is 0 Å². The Labute approximate surface area is 151 Å². The highest BCUT2D eigenvalue weighted by Crippen LogP contribution is 2.55. The van der Waals surface area contributed by atoms with Crippen molar-refractivity contribution >= 4 is 63.7 Å². The molecule has 2 aromatic carbocycles. The van der Waals surface area contributed by atoms with Gasteiger partial charge >= 0.3 is 0 Å². The predicted molar refractivity (Wildman–Crippen MR) is 96.6 cm³/mol. The molecule has 0 radical (unpaired) electrons. The molecule has 4 heteroatoms. The van der Waals surface area contributed by atoms with Crippen LogP contribution < -0.4 is 0 Å². The molecule has 2 bridgehead atoms. The Bertz CT molecular complexity index is 614. The normalized spacial score (nSPS) is 22.6. The lowest BCUT2D eigenvalue weighted by Crippen LogP contribution is -2.25. The number of benzene rings is 2. The second-order valence-electron chi connectivity index (χ2n) is 5.47. The number of hydrogen-bond donors (Lipinski definition) is 0. The molecule has 2 aromatic rings. The van der Waals surface area contributed by atoms with Gasteiger partial charge in [-0.15, -0.1) is 0 Å². The van der Waals surface area contributed by atoms with Crippen molar-refractivity contribution in [1.82, 2.24) is 0 Å². The maximum Gasteiger partial charge on any atom is 0.0320 e. The minimum Gasteiger partial charge on any atom is -0.0496 e. The van der Waals surface area contributed by atoms with E-state index in [0.717, 1.165) is 17.9 Å². The van der Waals surface area contributed by atoms with Crippen LogP contribution in [0.4, 0.5) is 0 Å². The van der Waals surface area contributed by atoms with E-state index in [1.54, 1.807) is 0 Å². The van der Waals surface area contributed by atoms with E-state index in [9.17, 15) is 0 Å².